The molecule has 26 heavy (non-hydrogen) atoms. The van der Waals surface area contributed by atoms with Crippen LogP contribution in [0.1, 0.15) is 25.5 Å². The maximum Gasteiger partial charge on any atom is 0.270 e. The Morgan fingerprint density at radius 1 is 1.38 bits per heavy atom. The Hall–Kier alpha value is -3.03. The first-order chi connectivity index (χ1) is 12.5. The van der Waals surface area contributed by atoms with Gasteiger partial charge < -0.3 is 10.2 Å². The predicted molar refractivity (Wildman–Crippen MR) is 97.8 cm³/mol. The van der Waals surface area contributed by atoms with Crippen LogP contribution >= 0.6 is 0 Å². The number of nitrogens with zero attached hydrogens (tertiary/aromatic N) is 4. The second-order valence-corrected chi connectivity index (χ2v) is 6.35. The van der Waals surface area contributed by atoms with Gasteiger partial charge in [0.2, 0.25) is 5.91 Å². The molecule has 1 aromatic heterocycles. The van der Waals surface area contributed by atoms with Gasteiger partial charge in [0.15, 0.2) is 5.82 Å². The van der Waals surface area contributed by atoms with Crippen molar-refractivity contribution < 1.29 is 9.72 Å². The summed E-state index contributed by atoms with van der Waals surface area (Å²) in [5.74, 6) is 1.26. The summed E-state index contributed by atoms with van der Waals surface area (Å²) in [6, 6.07) is 8.26. The molecule has 0 spiro atoms. The van der Waals surface area contributed by atoms with Crippen LogP contribution in [0.3, 0.4) is 0 Å². The van der Waals surface area contributed by atoms with Gasteiger partial charge >= 0.3 is 0 Å². The molecule has 1 aliphatic rings. The minimum Gasteiger partial charge on any atom is -0.365 e. The third kappa shape index (κ3) is 3.96. The SMILES string of the molecule is CCC(=O)N1CCC(Nc2cc(C)nc(-c3cccc([N+](=O)[O-])c3)n2)C1. The highest BCUT2D eigenvalue weighted by Gasteiger charge is 2.25. The first-order valence-corrected chi connectivity index (χ1v) is 8.61. The number of nitro benzene ring substituents is 1. The van der Waals surface area contributed by atoms with E-state index < -0.39 is 4.92 Å². The Balaban J connectivity index is 1.79. The lowest BCUT2D eigenvalue weighted by Gasteiger charge is -2.17. The number of nitro groups is 1. The van der Waals surface area contributed by atoms with E-state index in [-0.39, 0.29) is 17.6 Å². The third-order valence-electron chi connectivity index (χ3n) is 4.36. The van der Waals surface area contributed by atoms with Gasteiger partial charge in [-0.25, -0.2) is 9.97 Å². The van der Waals surface area contributed by atoms with Crippen molar-refractivity contribution in [2.75, 3.05) is 18.4 Å². The second kappa shape index (κ2) is 7.47. The van der Waals surface area contributed by atoms with Crippen molar-refractivity contribution in [3.63, 3.8) is 0 Å². The monoisotopic (exact) mass is 355 g/mol. The lowest BCUT2D eigenvalue weighted by molar-refractivity contribution is -0.384. The van der Waals surface area contributed by atoms with Crippen molar-refractivity contribution in [1.82, 2.24) is 14.9 Å². The van der Waals surface area contributed by atoms with Crippen LogP contribution in [-0.4, -0.2) is 44.8 Å². The molecule has 1 saturated heterocycles. The van der Waals surface area contributed by atoms with Crippen LogP contribution in [-0.2, 0) is 4.79 Å². The number of hydrogen-bond donors (Lipinski definition) is 1. The molecule has 1 unspecified atom stereocenters. The van der Waals surface area contributed by atoms with Crippen LogP contribution in [0, 0.1) is 17.0 Å². The van der Waals surface area contributed by atoms with Crippen LogP contribution in [0.2, 0.25) is 0 Å². The molecular formula is C18H21N5O3. The molecule has 8 nitrogen and oxygen atoms in total. The molecule has 1 atom stereocenters. The van der Waals surface area contributed by atoms with E-state index in [1.165, 1.54) is 12.1 Å². The van der Waals surface area contributed by atoms with Gasteiger partial charge in [0, 0.05) is 55.0 Å². The molecule has 1 aliphatic heterocycles. The van der Waals surface area contributed by atoms with E-state index in [1.54, 1.807) is 12.1 Å². The van der Waals surface area contributed by atoms with Crippen molar-refractivity contribution in [1.29, 1.82) is 0 Å². The van der Waals surface area contributed by atoms with Crippen molar-refractivity contribution in [2.24, 2.45) is 0 Å². The summed E-state index contributed by atoms with van der Waals surface area (Å²) in [5.41, 5.74) is 1.37. The largest absolute Gasteiger partial charge is 0.365 e. The fourth-order valence-electron chi connectivity index (χ4n) is 3.07. The number of aromatic nitrogens is 2. The number of non-ortho nitro benzene ring substituents is 1. The fraction of sp³-hybridized carbons (Fsp3) is 0.389. The average Bonchev–Trinajstić information content (AvgIpc) is 3.09. The fourth-order valence-corrected chi connectivity index (χ4v) is 3.07. The highest BCUT2D eigenvalue weighted by atomic mass is 16.6. The number of likely N-dealkylation sites (tertiary alicyclic amines) is 1. The van der Waals surface area contributed by atoms with Crippen LogP contribution < -0.4 is 5.32 Å². The van der Waals surface area contributed by atoms with Gasteiger partial charge in [-0.05, 0) is 13.3 Å². The number of amides is 1. The van der Waals surface area contributed by atoms with E-state index >= 15 is 0 Å². The van der Waals surface area contributed by atoms with Gasteiger partial charge in [-0.15, -0.1) is 0 Å². The zero-order valence-electron chi connectivity index (χ0n) is 14.8. The molecule has 1 amide bonds. The van der Waals surface area contributed by atoms with E-state index in [0.717, 1.165) is 18.7 Å². The molecule has 1 N–H and O–H groups in total. The maximum absolute atomic E-state index is 11.8. The van der Waals surface area contributed by atoms with E-state index in [0.29, 0.717) is 30.2 Å². The van der Waals surface area contributed by atoms with Gasteiger partial charge in [-0.3, -0.25) is 14.9 Å². The quantitative estimate of drug-likeness (QED) is 0.654. The summed E-state index contributed by atoms with van der Waals surface area (Å²) >= 11 is 0. The van der Waals surface area contributed by atoms with Gasteiger partial charge in [0.25, 0.3) is 5.69 Å². The zero-order valence-corrected chi connectivity index (χ0v) is 14.8. The molecule has 2 heterocycles. The number of anilines is 1. The molecule has 136 valence electrons. The molecular weight excluding hydrogens is 334 g/mol. The predicted octanol–water partition coefficient (Wildman–Crippen LogP) is 2.78. The van der Waals surface area contributed by atoms with Crippen LogP contribution in [0.15, 0.2) is 30.3 Å². The second-order valence-electron chi connectivity index (χ2n) is 6.35. The van der Waals surface area contributed by atoms with Gasteiger partial charge in [0.1, 0.15) is 5.82 Å². The highest BCUT2D eigenvalue weighted by molar-refractivity contribution is 5.76. The molecule has 0 radical (unpaired) electrons. The highest BCUT2D eigenvalue weighted by Crippen LogP contribution is 2.23. The minimum atomic E-state index is -0.434. The molecule has 8 heteroatoms. The van der Waals surface area contributed by atoms with Gasteiger partial charge in [-0.2, -0.15) is 0 Å². The summed E-state index contributed by atoms with van der Waals surface area (Å²) in [6.45, 7) is 5.12. The summed E-state index contributed by atoms with van der Waals surface area (Å²) in [4.78, 5) is 33.1. The molecule has 3 rings (SSSR count). The first kappa shape index (κ1) is 17.8. The average molecular weight is 355 g/mol. The molecule has 0 bridgehead atoms. The number of nitrogens with one attached hydrogen (secondary N) is 1. The van der Waals surface area contributed by atoms with Gasteiger partial charge in [-0.1, -0.05) is 19.1 Å². The van der Waals surface area contributed by atoms with Crippen LogP contribution in [0.5, 0.6) is 0 Å². The summed E-state index contributed by atoms with van der Waals surface area (Å²) < 4.78 is 0. The van der Waals surface area contributed by atoms with Crippen molar-refractivity contribution in [3.05, 3.63) is 46.1 Å². The van der Waals surface area contributed by atoms with E-state index in [1.807, 2.05) is 24.8 Å². The lowest BCUT2D eigenvalue weighted by atomic mass is 10.2. The Labute approximate surface area is 151 Å². The molecule has 0 saturated carbocycles. The molecule has 1 fully saturated rings. The summed E-state index contributed by atoms with van der Waals surface area (Å²) in [7, 11) is 0. The normalized spacial score (nSPS) is 16.5. The zero-order chi connectivity index (χ0) is 18.7. The Kier molecular flexibility index (Phi) is 5.11. The standard InChI is InChI=1S/C18H21N5O3/c1-3-17(24)22-8-7-14(11-22)20-16-9-12(2)19-18(21-16)13-5-4-6-15(10-13)23(25)26/h4-6,9-10,14H,3,7-8,11H2,1-2H3,(H,19,20,21). The number of carbonyl (C=O) groups excluding carboxylic acids is 1. The van der Waals surface area contributed by atoms with E-state index in [9.17, 15) is 14.9 Å². The topological polar surface area (TPSA) is 101 Å². The summed E-state index contributed by atoms with van der Waals surface area (Å²) in [5, 5.41) is 14.3. The first-order valence-electron chi connectivity index (χ1n) is 8.61. The summed E-state index contributed by atoms with van der Waals surface area (Å²) in [6.07, 6.45) is 1.37. The maximum atomic E-state index is 11.8. The van der Waals surface area contributed by atoms with E-state index in [2.05, 4.69) is 15.3 Å². The van der Waals surface area contributed by atoms with E-state index in [4.69, 9.17) is 0 Å². The number of rotatable bonds is 5. The van der Waals surface area contributed by atoms with Crippen LogP contribution in [0.25, 0.3) is 11.4 Å². The molecule has 0 aliphatic carbocycles. The number of aryl methyl sites for hydroxylation is 1. The third-order valence-corrected chi connectivity index (χ3v) is 4.36. The Morgan fingerprint density at radius 2 is 2.19 bits per heavy atom. The Morgan fingerprint density at radius 3 is 2.92 bits per heavy atom. The number of hydrogen-bond acceptors (Lipinski definition) is 6. The van der Waals surface area contributed by atoms with Gasteiger partial charge in [0.05, 0.1) is 4.92 Å². The lowest BCUT2D eigenvalue weighted by Crippen LogP contribution is -2.31. The number of carbonyl (C=O) groups is 1. The smallest absolute Gasteiger partial charge is 0.270 e. The van der Waals surface area contributed by atoms with Crippen molar-refractivity contribution in [3.8, 4) is 11.4 Å². The van der Waals surface area contributed by atoms with Crippen LogP contribution in [0.4, 0.5) is 11.5 Å². The molecule has 2 aromatic rings. The number of benzene rings is 1. The molecule has 1 aromatic carbocycles. The minimum absolute atomic E-state index is 0.00614. The Bertz CT molecular complexity index is 839. The van der Waals surface area contributed by atoms with Crippen molar-refractivity contribution >= 4 is 17.4 Å². The van der Waals surface area contributed by atoms with Crippen molar-refractivity contribution in [2.45, 2.75) is 32.7 Å².